The largest absolute Gasteiger partial charge is 0.511 e. The zero-order valence-corrected chi connectivity index (χ0v) is 26.4. The van der Waals surface area contributed by atoms with E-state index < -0.39 is 53.0 Å². The lowest BCUT2D eigenvalue weighted by molar-refractivity contribution is -0.0492. The van der Waals surface area contributed by atoms with Crippen molar-refractivity contribution in [1.82, 2.24) is 14.3 Å². The van der Waals surface area contributed by atoms with E-state index >= 15 is 0 Å². The van der Waals surface area contributed by atoms with Crippen LogP contribution in [0.2, 0.25) is 0 Å². The Morgan fingerprint density at radius 1 is 1.04 bits per heavy atom. The third-order valence-corrected chi connectivity index (χ3v) is 8.91. The molecule has 3 aromatic rings. The molecule has 1 unspecified atom stereocenters. The van der Waals surface area contributed by atoms with Crippen LogP contribution >= 0.6 is 0 Å². The number of anilines is 2. The Labute approximate surface area is 260 Å². The molecule has 0 spiro atoms. The highest BCUT2D eigenvalue weighted by Crippen LogP contribution is 2.37. The molecule has 2 aromatic carbocycles. The Morgan fingerprint density at radius 2 is 1.71 bits per heavy atom. The van der Waals surface area contributed by atoms with Gasteiger partial charge in [-0.05, 0) is 63.3 Å². The van der Waals surface area contributed by atoms with Crippen LogP contribution in [0.15, 0.2) is 60.9 Å². The summed E-state index contributed by atoms with van der Waals surface area (Å²) >= 11 is 0. The Morgan fingerprint density at radius 3 is 2.31 bits per heavy atom. The third kappa shape index (κ3) is 8.28. The molecule has 1 aliphatic heterocycles. The van der Waals surface area contributed by atoms with Crippen molar-refractivity contribution in [3.05, 3.63) is 83.4 Å². The van der Waals surface area contributed by atoms with E-state index in [0.717, 1.165) is 10.5 Å². The molecule has 1 aromatic heterocycles. The molecule has 0 saturated carbocycles. The summed E-state index contributed by atoms with van der Waals surface area (Å²) in [4.78, 5) is 24.5. The number of amides is 1. The first-order chi connectivity index (χ1) is 21.1. The summed E-state index contributed by atoms with van der Waals surface area (Å²) in [6, 6.07) is 13.9. The number of halogens is 4. The lowest BCUT2D eigenvalue weighted by Crippen LogP contribution is -2.47. The monoisotopic (exact) mass is 651 g/mol. The summed E-state index contributed by atoms with van der Waals surface area (Å²) in [7, 11) is -5.64. The van der Waals surface area contributed by atoms with E-state index in [1.807, 2.05) is 35.2 Å². The van der Waals surface area contributed by atoms with Crippen molar-refractivity contribution in [2.24, 2.45) is 0 Å². The van der Waals surface area contributed by atoms with Crippen LogP contribution in [0.25, 0.3) is 0 Å². The van der Waals surface area contributed by atoms with Gasteiger partial charge in [-0.2, -0.15) is 17.5 Å². The number of carbonyl (C=O) groups excluding carboxylic acids is 1. The highest BCUT2D eigenvalue weighted by Gasteiger charge is 2.51. The van der Waals surface area contributed by atoms with E-state index in [1.54, 1.807) is 45.9 Å². The maximum Gasteiger partial charge on any atom is 0.511 e. The molecular formula is C31H37F4N5O4S. The van der Waals surface area contributed by atoms with Crippen molar-refractivity contribution in [3.8, 4) is 0 Å². The number of hydrogen-bond donors (Lipinski definition) is 0. The minimum absolute atomic E-state index is 0.0334. The first kappa shape index (κ1) is 34.1. The summed E-state index contributed by atoms with van der Waals surface area (Å²) in [5.74, 6) is 0.271. The fourth-order valence-corrected chi connectivity index (χ4v) is 6.11. The Bertz CT molecular complexity index is 1570. The molecule has 1 amide bonds. The highest BCUT2D eigenvalue weighted by atomic mass is 32.2. The number of aryl methyl sites for hydroxylation is 2. The van der Waals surface area contributed by atoms with E-state index in [4.69, 9.17) is 4.74 Å². The average molecular weight is 652 g/mol. The second kappa shape index (κ2) is 13.7. The summed E-state index contributed by atoms with van der Waals surface area (Å²) in [5, 5.41) is 0. The minimum Gasteiger partial charge on any atom is -0.443 e. The number of rotatable bonds is 9. The molecule has 0 radical (unpaired) electrons. The van der Waals surface area contributed by atoms with E-state index in [0.29, 0.717) is 34.0 Å². The van der Waals surface area contributed by atoms with Crippen molar-refractivity contribution < 1.29 is 35.5 Å². The second-order valence-electron chi connectivity index (χ2n) is 11.8. The van der Waals surface area contributed by atoms with Crippen LogP contribution < -0.4 is 9.80 Å². The van der Waals surface area contributed by atoms with Crippen molar-refractivity contribution >= 4 is 27.5 Å². The van der Waals surface area contributed by atoms with Gasteiger partial charge in [0.05, 0.1) is 31.2 Å². The predicted octanol–water partition coefficient (Wildman–Crippen LogP) is 6.17. The quantitative estimate of drug-likeness (QED) is 0.256. The zero-order chi connectivity index (χ0) is 33.0. The molecule has 45 heavy (non-hydrogen) atoms. The lowest BCUT2D eigenvalue weighted by atomic mass is 10.0. The van der Waals surface area contributed by atoms with E-state index in [2.05, 4.69) is 9.97 Å². The molecule has 0 fully saturated rings. The number of aromatic nitrogens is 2. The molecule has 4 rings (SSSR count). The molecule has 0 aliphatic carbocycles. The summed E-state index contributed by atoms with van der Waals surface area (Å²) in [5.41, 5.74) is -3.45. The van der Waals surface area contributed by atoms with Gasteiger partial charge in [0, 0.05) is 24.8 Å². The van der Waals surface area contributed by atoms with Crippen molar-refractivity contribution in [2.45, 2.75) is 70.8 Å². The number of alkyl halides is 4. The SMILES string of the molecule is Cc1cccc2c1CN(S(=O)(=O)C(F)(F)F)CC(CCc1ccccc1)N2Cc1ncc(N(CCF)C(=O)OC(C)(C)C)cn1. The van der Waals surface area contributed by atoms with Gasteiger partial charge in [-0.1, -0.05) is 42.5 Å². The molecule has 9 nitrogen and oxygen atoms in total. The van der Waals surface area contributed by atoms with Gasteiger partial charge in [-0.25, -0.2) is 27.6 Å². The third-order valence-electron chi connectivity index (χ3n) is 7.36. The lowest BCUT2D eigenvalue weighted by Gasteiger charge is -2.34. The Kier molecular flexibility index (Phi) is 10.4. The second-order valence-corrected chi connectivity index (χ2v) is 13.7. The number of ether oxygens (including phenoxy) is 1. The number of sulfonamides is 1. The molecular weight excluding hydrogens is 614 g/mol. The summed E-state index contributed by atoms with van der Waals surface area (Å²) in [6.07, 6.45) is 2.77. The van der Waals surface area contributed by atoms with Gasteiger partial charge in [0.1, 0.15) is 18.1 Å². The molecule has 0 bridgehead atoms. The van der Waals surface area contributed by atoms with Crippen molar-refractivity contribution in [3.63, 3.8) is 0 Å². The normalized spacial score (nSPS) is 16.2. The van der Waals surface area contributed by atoms with Crippen LogP contribution in [0, 0.1) is 6.92 Å². The maximum absolute atomic E-state index is 13.8. The molecule has 2 heterocycles. The molecule has 1 atom stereocenters. The van der Waals surface area contributed by atoms with Crippen LogP contribution in [0.4, 0.5) is 33.7 Å². The van der Waals surface area contributed by atoms with Crippen molar-refractivity contribution in [2.75, 3.05) is 29.6 Å². The van der Waals surface area contributed by atoms with Gasteiger partial charge in [0.2, 0.25) is 0 Å². The fraction of sp³-hybridized carbons (Fsp3) is 0.452. The maximum atomic E-state index is 13.8. The van der Waals surface area contributed by atoms with Crippen LogP contribution in [0.1, 0.15) is 49.7 Å². The van der Waals surface area contributed by atoms with Crippen LogP contribution in [-0.2, 0) is 34.3 Å². The zero-order valence-electron chi connectivity index (χ0n) is 25.6. The summed E-state index contributed by atoms with van der Waals surface area (Å²) < 4.78 is 86.2. The van der Waals surface area contributed by atoms with Gasteiger partial charge in [0.25, 0.3) is 0 Å². The average Bonchev–Trinajstić information content (AvgIpc) is 3.12. The number of fused-ring (bicyclic) bond motifs is 1. The van der Waals surface area contributed by atoms with Crippen LogP contribution in [0.3, 0.4) is 0 Å². The van der Waals surface area contributed by atoms with Gasteiger partial charge in [-0.3, -0.25) is 4.90 Å². The van der Waals surface area contributed by atoms with Gasteiger partial charge >= 0.3 is 21.6 Å². The van der Waals surface area contributed by atoms with E-state index in [1.165, 1.54) is 12.4 Å². The number of benzene rings is 2. The molecule has 1 aliphatic rings. The molecule has 0 N–H and O–H groups in total. The first-order valence-electron chi connectivity index (χ1n) is 14.4. The van der Waals surface area contributed by atoms with Gasteiger partial charge in [0.15, 0.2) is 0 Å². The Balaban J connectivity index is 1.71. The minimum atomic E-state index is -5.64. The van der Waals surface area contributed by atoms with Crippen LogP contribution in [-0.4, -0.2) is 65.7 Å². The number of hydrogen-bond acceptors (Lipinski definition) is 7. The van der Waals surface area contributed by atoms with E-state index in [-0.39, 0.29) is 24.6 Å². The first-order valence-corrected chi connectivity index (χ1v) is 15.9. The Hall–Kier alpha value is -3.78. The number of carbonyl (C=O) groups is 1. The topological polar surface area (TPSA) is 95.9 Å². The van der Waals surface area contributed by atoms with Gasteiger partial charge in [-0.15, -0.1) is 0 Å². The van der Waals surface area contributed by atoms with E-state index in [9.17, 15) is 30.8 Å². The van der Waals surface area contributed by atoms with Gasteiger partial charge < -0.3 is 9.64 Å². The molecule has 14 heteroatoms. The molecule has 0 saturated heterocycles. The van der Waals surface area contributed by atoms with Crippen molar-refractivity contribution in [1.29, 1.82) is 0 Å². The highest BCUT2D eigenvalue weighted by molar-refractivity contribution is 7.89. The fourth-order valence-electron chi connectivity index (χ4n) is 5.15. The summed E-state index contributed by atoms with van der Waals surface area (Å²) in [6.45, 7) is 4.86. The van der Waals surface area contributed by atoms with Crippen LogP contribution in [0.5, 0.6) is 0 Å². The number of nitrogens with zero attached hydrogens (tertiary/aromatic N) is 5. The predicted molar refractivity (Wildman–Crippen MR) is 163 cm³/mol. The smallest absolute Gasteiger partial charge is 0.443 e. The standard InChI is InChI=1S/C31H37F4N5O4S/c1-22-9-8-12-27-26(22)20-38(45(42,43)31(33,34)35)19-24(14-13-23-10-6-5-7-11-23)40(27)21-28-36-17-25(18-37-28)39(16-15-32)29(41)44-30(2,3)4/h5-12,17-18,24H,13-16,19-21H2,1-4H3. The molecule has 244 valence electrons.